The first kappa shape index (κ1) is 14.2. The van der Waals surface area contributed by atoms with Gasteiger partial charge in [0.1, 0.15) is 5.82 Å². The fourth-order valence-electron chi connectivity index (χ4n) is 2.09. The molecule has 1 unspecified atom stereocenters. The van der Waals surface area contributed by atoms with Crippen molar-refractivity contribution < 1.29 is 9.50 Å². The summed E-state index contributed by atoms with van der Waals surface area (Å²) in [6.07, 6.45) is 0.609. The van der Waals surface area contributed by atoms with Crippen molar-refractivity contribution in [1.29, 1.82) is 0 Å². The molecule has 2 rings (SSSR count). The summed E-state index contributed by atoms with van der Waals surface area (Å²) >= 11 is 3.42. The Hall–Kier alpha value is -1.19. The zero-order chi connectivity index (χ0) is 13.8. The molecule has 1 nitrogen and oxygen atoms in total. The summed E-state index contributed by atoms with van der Waals surface area (Å²) in [7, 11) is 0. The van der Waals surface area contributed by atoms with Gasteiger partial charge in [0.15, 0.2) is 0 Å². The molecule has 2 aromatic carbocycles. The lowest BCUT2D eigenvalue weighted by Crippen LogP contribution is -2.08. The van der Waals surface area contributed by atoms with E-state index in [0.717, 1.165) is 15.6 Å². The summed E-state index contributed by atoms with van der Waals surface area (Å²) in [6, 6.07) is 12.7. The van der Waals surface area contributed by atoms with Crippen molar-refractivity contribution in [1.82, 2.24) is 0 Å². The van der Waals surface area contributed by atoms with Gasteiger partial charge in [-0.15, -0.1) is 0 Å². The number of aryl methyl sites for hydroxylation is 1. The molecule has 100 valence electrons. The molecule has 0 heterocycles. The van der Waals surface area contributed by atoms with Gasteiger partial charge in [0.2, 0.25) is 0 Å². The van der Waals surface area contributed by atoms with Crippen molar-refractivity contribution in [3.63, 3.8) is 0 Å². The number of rotatable bonds is 4. The van der Waals surface area contributed by atoms with Gasteiger partial charge in [0, 0.05) is 10.4 Å². The first-order valence-electron chi connectivity index (χ1n) is 6.21. The Labute approximate surface area is 121 Å². The van der Waals surface area contributed by atoms with Crippen LogP contribution in [0.3, 0.4) is 0 Å². The Morgan fingerprint density at radius 1 is 1.16 bits per heavy atom. The molecule has 0 aliphatic rings. The monoisotopic (exact) mass is 322 g/mol. The topological polar surface area (TPSA) is 20.2 Å². The Balaban J connectivity index is 2.23. The van der Waals surface area contributed by atoms with Gasteiger partial charge in [0.05, 0.1) is 6.61 Å². The third-order valence-electron chi connectivity index (χ3n) is 3.24. The summed E-state index contributed by atoms with van der Waals surface area (Å²) in [5.41, 5.74) is 3.14. The van der Waals surface area contributed by atoms with Crippen LogP contribution in [0.5, 0.6) is 0 Å². The summed E-state index contributed by atoms with van der Waals surface area (Å²) in [6.45, 7) is 2.08. The average molecular weight is 323 g/mol. The molecule has 0 saturated heterocycles. The second kappa shape index (κ2) is 6.31. The van der Waals surface area contributed by atoms with Gasteiger partial charge in [-0.05, 0) is 42.7 Å². The molecule has 0 spiro atoms. The van der Waals surface area contributed by atoms with Crippen LogP contribution in [-0.2, 0) is 6.42 Å². The highest BCUT2D eigenvalue weighted by Crippen LogP contribution is 2.26. The Kier molecular flexibility index (Phi) is 4.72. The van der Waals surface area contributed by atoms with Gasteiger partial charge in [0.25, 0.3) is 0 Å². The quantitative estimate of drug-likeness (QED) is 0.893. The van der Waals surface area contributed by atoms with E-state index >= 15 is 0 Å². The molecule has 0 aliphatic carbocycles. The van der Waals surface area contributed by atoms with Crippen molar-refractivity contribution in [2.24, 2.45) is 0 Å². The van der Waals surface area contributed by atoms with Crippen LogP contribution in [0.1, 0.15) is 22.6 Å². The van der Waals surface area contributed by atoms with Crippen LogP contribution in [0.4, 0.5) is 4.39 Å². The molecule has 3 heteroatoms. The van der Waals surface area contributed by atoms with Crippen molar-refractivity contribution in [2.75, 3.05) is 6.61 Å². The van der Waals surface area contributed by atoms with Gasteiger partial charge >= 0.3 is 0 Å². The molecule has 0 aromatic heterocycles. The van der Waals surface area contributed by atoms with E-state index in [2.05, 4.69) is 15.9 Å². The number of hydrogen-bond acceptors (Lipinski definition) is 1. The first-order valence-corrected chi connectivity index (χ1v) is 7.01. The van der Waals surface area contributed by atoms with E-state index in [-0.39, 0.29) is 18.3 Å². The van der Waals surface area contributed by atoms with Crippen molar-refractivity contribution in [3.8, 4) is 0 Å². The van der Waals surface area contributed by atoms with Crippen LogP contribution in [0.15, 0.2) is 46.9 Å². The van der Waals surface area contributed by atoms with E-state index in [1.807, 2.05) is 31.2 Å². The maximum absolute atomic E-state index is 13.3. The zero-order valence-electron chi connectivity index (χ0n) is 10.7. The largest absolute Gasteiger partial charge is 0.396 e. The average Bonchev–Trinajstić information content (AvgIpc) is 2.41. The minimum atomic E-state index is -0.251. The van der Waals surface area contributed by atoms with Crippen molar-refractivity contribution >= 4 is 15.9 Å². The first-order chi connectivity index (χ1) is 9.10. The van der Waals surface area contributed by atoms with Crippen LogP contribution in [0, 0.1) is 12.7 Å². The zero-order valence-corrected chi connectivity index (χ0v) is 12.3. The summed E-state index contributed by atoms with van der Waals surface area (Å²) in [5.74, 6) is -0.266. The molecule has 19 heavy (non-hydrogen) atoms. The number of benzene rings is 2. The summed E-state index contributed by atoms with van der Waals surface area (Å²) in [4.78, 5) is 0. The molecular formula is C16H16BrFO. The molecule has 1 N–H and O–H groups in total. The molecule has 0 amide bonds. The highest BCUT2D eigenvalue weighted by molar-refractivity contribution is 9.10. The number of hydrogen-bond donors (Lipinski definition) is 1. The molecule has 1 atom stereocenters. The molecule has 0 bridgehead atoms. The number of aliphatic hydroxyl groups excluding tert-OH is 1. The Bertz CT molecular complexity index is 551. The minimum Gasteiger partial charge on any atom is -0.396 e. The molecule has 0 fully saturated rings. The maximum Gasteiger partial charge on any atom is 0.123 e. The lowest BCUT2D eigenvalue weighted by molar-refractivity contribution is 0.264. The minimum absolute atomic E-state index is 0.0151. The van der Waals surface area contributed by atoms with E-state index in [0.29, 0.717) is 6.42 Å². The van der Waals surface area contributed by atoms with E-state index in [1.54, 1.807) is 6.07 Å². The molecule has 0 radical (unpaired) electrons. The highest BCUT2D eigenvalue weighted by atomic mass is 79.9. The van der Waals surface area contributed by atoms with Gasteiger partial charge in [-0.25, -0.2) is 4.39 Å². The smallest absolute Gasteiger partial charge is 0.123 e. The van der Waals surface area contributed by atoms with Crippen LogP contribution < -0.4 is 0 Å². The van der Waals surface area contributed by atoms with E-state index in [1.165, 1.54) is 17.7 Å². The highest BCUT2D eigenvalue weighted by Gasteiger charge is 2.13. The van der Waals surface area contributed by atoms with E-state index < -0.39 is 0 Å². The lowest BCUT2D eigenvalue weighted by atomic mass is 9.92. The van der Waals surface area contributed by atoms with Gasteiger partial charge in [-0.2, -0.15) is 0 Å². The van der Waals surface area contributed by atoms with Crippen molar-refractivity contribution in [3.05, 3.63) is 69.4 Å². The third-order valence-corrected chi connectivity index (χ3v) is 4.02. The molecule has 0 aliphatic heterocycles. The Morgan fingerprint density at radius 2 is 1.84 bits per heavy atom. The van der Waals surface area contributed by atoms with Crippen LogP contribution >= 0.6 is 15.9 Å². The van der Waals surface area contributed by atoms with Gasteiger partial charge in [-0.1, -0.05) is 45.8 Å². The van der Waals surface area contributed by atoms with E-state index in [4.69, 9.17) is 0 Å². The number of aliphatic hydroxyl groups is 1. The Morgan fingerprint density at radius 3 is 2.47 bits per heavy atom. The van der Waals surface area contributed by atoms with Crippen molar-refractivity contribution in [2.45, 2.75) is 19.3 Å². The fourth-order valence-corrected chi connectivity index (χ4v) is 2.50. The number of halogens is 2. The molecule has 2 aromatic rings. The fraction of sp³-hybridized carbons (Fsp3) is 0.250. The summed E-state index contributed by atoms with van der Waals surface area (Å²) < 4.78 is 14.1. The van der Waals surface area contributed by atoms with E-state index in [9.17, 15) is 9.50 Å². The second-order valence-corrected chi connectivity index (χ2v) is 5.58. The molecule has 0 saturated carbocycles. The van der Waals surface area contributed by atoms with Gasteiger partial charge in [-0.3, -0.25) is 0 Å². The standard InChI is InChI=1S/C16H16BrFO/c1-11-2-4-12(5-3-11)14(10-19)8-13-9-15(18)6-7-16(13)17/h2-7,9,14,19H,8,10H2,1H3. The normalized spacial score (nSPS) is 12.4. The van der Waals surface area contributed by atoms with Crippen LogP contribution in [0.25, 0.3) is 0 Å². The predicted octanol–water partition coefficient (Wildman–Crippen LogP) is 4.22. The predicted molar refractivity (Wildman–Crippen MR) is 78.8 cm³/mol. The van der Waals surface area contributed by atoms with Gasteiger partial charge < -0.3 is 5.11 Å². The third kappa shape index (κ3) is 3.64. The maximum atomic E-state index is 13.3. The SMILES string of the molecule is Cc1ccc(C(CO)Cc2cc(F)ccc2Br)cc1. The lowest BCUT2D eigenvalue weighted by Gasteiger charge is -2.16. The second-order valence-electron chi connectivity index (χ2n) is 4.73. The van der Waals surface area contributed by atoms with Crippen LogP contribution in [-0.4, -0.2) is 11.7 Å². The summed E-state index contributed by atoms with van der Waals surface area (Å²) in [5, 5.41) is 9.56. The van der Waals surface area contributed by atoms with Crippen LogP contribution in [0.2, 0.25) is 0 Å². The molecular weight excluding hydrogens is 307 g/mol.